The van der Waals surface area contributed by atoms with Crippen LogP contribution in [0.25, 0.3) is 44.1 Å². The van der Waals surface area contributed by atoms with Gasteiger partial charge in [0.25, 0.3) is 11.1 Å². The molecule has 8 heterocycles. The van der Waals surface area contributed by atoms with Crippen molar-refractivity contribution in [2.45, 2.75) is 104 Å². The molecule has 0 spiro atoms. The molecule has 0 saturated carbocycles. The lowest BCUT2D eigenvalue weighted by Crippen LogP contribution is -2.49. The highest BCUT2D eigenvalue weighted by atomic mass is 16.2. The quantitative estimate of drug-likeness (QED) is 0.168. The molecule has 10 rings (SSSR count). The number of imidazole rings is 2. The average molecular weight is 971 g/mol. The molecular formula is C52H58N16O4. The fourth-order valence-electron chi connectivity index (χ4n) is 10.4. The van der Waals surface area contributed by atoms with Gasteiger partial charge in [-0.3, -0.25) is 37.0 Å². The number of fused-ring (bicyclic) bond motifs is 4. The smallest absolute Gasteiger partial charge is 0.332 e. The minimum Gasteiger partial charge on any atom is -0.341 e. The van der Waals surface area contributed by atoms with Crippen LogP contribution in [-0.4, -0.2) is 102 Å². The zero-order valence-corrected chi connectivity index (χ0v) is 41.5. The molecule has 0 radical (unpaired) electrons. The molecule has 2 saturated heterocycles. The zero-order chi connectivity index (χ0) is 50.4. The molecule has 0 amide bonds. The van der Waals surface area contributed by atoms with Crippen LogP contribution in [0.1, 0.15) is 69.5 Å². The van der Waals surface area contributed by atoms with E-state index >= 15 is 0 Å². The third kappa shape index (κ3) is 8.81. The summed E-state index contributed by atoms with van der Waals surface area (Å²) in [5.74, 6) is 14.0. The van der Waals surface area contributed by atoms with Crippen molar-refractivity contribution >= 4 is 56.0 Å². The summed E-state index contributed by atoms with van der Waals surface area (Å²) in [4.78, 5) is 90.2. The van der Waals surface area contributed by atoms with Crippen molar-refractivity contribution in [2.24, 2.45) is 19.8 Å². The van der Waals surface area contributed by atoms with E-state index in [-0.39, 0.29) is 66.6 Å². The van der Waals surface area contributed by atoms with E-state index in [2.05, 4.69) is 50.7 Å². The lowest BCUT2D eigenvalue weighted by atomic mass is 10.0. The van der Waals surface area contributed by atoms with Gasteiger partial charge in [0.2, 0.25) is 11.9 Å². The first-order chi connectivity index (χ1) is 34.8. The maximum absolute atomic E-state index is 14.5. The van der Waals surface area contributed by atoms with Crippen LogP contribution in [0, 0.1) is 30.6 Å². The van der Waals surface area contributed by atoms with E-state index in [4.69, 9.17) is 30.7 Å². The van der Waals surface area contributed by atoms with Gasteiger partial charge >= 0.3 is 11.4 Å². The van der Waals surface area contributed by atoms with Gasteiger partial charge in [-0.15, -0.1) is 11.8 Å². The van der Waals surface area contributed by atoms with Crippen molar-refractivity contribution in [3.05, 3.63) is 113 Å². The van der Waals surface area contributed by atoms with Crippen molar-refractivity contribution in [2.75, 3.05) is 36.0 Å². The van der Waals surface area contributed by atoms with E-state index in [0.717, 1.165) is 59.9 Å². The number of hydrogen-bond acceptors (Lipinski definition) is 14. The lowest BCUT2D eigenvalue weighted by Gasteiger charge is -2.35. The third-order valence-corrected chi connectivity index (χ3v) is 13.9. The molecule has 20 heteroatoms. The first kappa shape index (κ1) is 47.7. The van der Waals surface area contributed by atoms with Gasteiger partial charge in [-0.1, -0.05) is 48.2 Å². The summed E-state index contributed by atoms with van der Waals surface area (Å²) in [6.07, 6.45) is 4.06. The average Bonchev–Trinajstić information content (AvgIpc) is 3.96. The van der Waals surface area contributed by atoms with Crippen LogP contribution in [0.15, 0.2) is 67.7 Å². The van der Waals surface area contributed by atoms with Crippen molar-refractivity contribution in [3.63, 3.8) is 0 Å². The Balaban J connectivity index is 0.923. The van der Waals surface area contributed by atoms with Gasteiger partial charge in [-0.25, -0.2) is 29.5 Å². The number of hydrogen-bond donors (Lipinski definition) is 2. The number of anilines is 2. The van der Waals surface area contributed by atoms with E-state index in [1.54, 1.807) is 32.5 Å². The number of nitrogens with two attached hydrogens (primary N) is 1. The zero-order valence-electron chi connectivity index (χ0n) is 41.5. The SMILES string of the molecule is CC#CCn1c(N2CCCC(N[C@@H](C)Cc3nc(Cn4c(=O)c5c(nc(N6CCC[C@@H](N)C6)n5CC#CC)n(C)c4=O)nc4ccccc34)C2)nc2c1c(=O)n(Cc1nc(C)c3ccccc3n1)c(=O)n2C. The molecule has 20 nitrogen and oxygen atoms in total. The minimum atomic E-state index is -0.523. The van der Waals surface area contributed by atoms with E-state index in [9.17, 15) is 19.2 Å². The predicted molar refractivity (Wildman–Crippen MR) is 278 cm³/mol. The van der Waals surface area contributed by atoms with E-state index in [0.29, 0.717) is 55.1 Å². The standard InChI is InChI=1S/C52H58N16O4/c1-7-9-25-65-43-45(59-49(65)63-23-15-17-34(53)28-63)61(5)52(72)68(48(43)70)31-42-57-39-22-14-12-20-37(39)40(58-42)27-32(3)54-35-18-16-24-64(29-35)50-60-46-44(66(50)26-10-8-2)47(69)67(51(71)62(46)6)30-41-55-33(4)36-19-11-13-21-38(36)56-41/h11-14,19-22,32,34-35,54H,15-18,23-31,53H2,1-6H3/t32-,34+,35?/m0/s1. The summed E-state index contributed by atoms with van der Waals surface area (Å²) in [5.41, 5.74) is 8.46. The summed E-state index contributed by atoms with van der Waals surface area (Å²) in [5, 5.41) is 5.62. The van der Waals surface area contributed by atoms with Crippen molar-refractivity contribution in [3.8, 4) is 23.7 Å². The van der Waals surface area contributed by atoms with Gasteiger partial charge in [-0.2, -0.15) is 9.97 Å². The summed E-state index contributed by atoms with van der Waals surface area (Å²) in [7, 11) is 3.25. The Morgan fingerprint density at radius 1 is 0.667 bits per heavy atom. The van der Waals surface area contributed by atoms with Gasteiger partial charge in [0.15, 0.2) is 22.3 Å². The molecule has 3 atom stereocenters. The number of aryl methyl sites for hydroxylation is 3. The molecule has 8 aromatic rings. The maximum atomic E-state index is 14.5. The molecule has 2 aliphatic heterocycles. The Morgan fingerprint density at radius 3 is 1.75 bits per heavy atom. The van der Waals surface area contributed by atoms with Crippen LogP contribution in [0.2, 0.25) is 0 Å². The highest BCUT2D eigenvalue weighted by molar-refractivity contribution is 5.82. The van der Waals surface area contributed by atoms with Gasteiger partial charge in [0.1, 0.15) is 11.6 Å². The molecule has 3 N–H and O–H groups in total. The molecule has 2 aliphatic rings. The molecule has 370 valence electrons. The summed E-state index contributed by atoms with van der Waals surface area (Å²) < 4.78 is 8.81. The first-order valence-corrected chi connectivity index (χ1v) is 24.5. The number of rotatable bonds is 12. The Morgan fingerprint density at radius 2 is 1.18 bits per heavy atom. The van der Waals surface area contributed by atoms with Crippen LogP contribution in [0.4, 0.5) is 11.9 Å². The fraction of sp³-hybridized carbons (Fsp3) is 0.423. The summed E-state index contributed by atoms with van der Waals surface area (Å²) in [6, 6.07) is 15.4. The normalized spacial score (nSPS) is 16.6. The van der Waals surface area contributed by atoms with Crippen LogP contribution in [0.5, 0.6) is 0 Å². The molecule has 6 aromatic heterocycles. The van der Waals surface area contributed by atoms with Gasteiger partial charge < -0.3 is 20.9 Å². The number of benzene rings is 2. The Hall–Kier alpha value is -7.94. The Bertz CT molecular complexity index is 3820. The lowest BCUT2D eigenvalue weighted by molar-refractivity contribution is 0.378. The fourth-order valence-corrected chi connectivity index (χ4v) is 10.4. The van der Waals surface area contributed by atoms with Crippen LogP contribution < -0.4 is 43.3 Å². The largest absolute Gasteiger partial charge is 0.341 e. The topological polar surface area (TPSA) is 220 Å². The molecule has 1 unspecified atom stereocenters. The van der Waals surface area contributed by atoms with E-state index in [1.165, 1.54) is 18.3 Å². The molecule has 0 bridgehead atoms. The third-order valence-electron chi connectivity index (χ3n) is 13.9. The molecule has 72 heavy (non-hydrogen) atoms. The summed E-state index contributed by atoms with van der Waals surface area (Å²) in [6.45, 7) is 10.3. The predicted octanol–water partition coefficient (Wildman–Crippen LogP) is 2.56. The Kier molecular flexibility index (Phi) is 13.1. The highest BCUT2D eigenvalue weighted by Crippen LogP contribution is 2.26. The number of piperidine rings is 2. The van der Waals surface area contributed by atoms with Gasteiger partial charge in [-0.05, 0) is 65.5 Å². The molecular weight excluding hydrogens is 913 g/mol. The second kappa shape index (κ2) is 19.7. The van der Waals surface area contributed by atoms with E-state index in [1.807, 2.05) is 60.0 Å². The minimum absolute atomic E-state index is 0.0294. The second-order valence-corrected chi connectivity index (χ2v) is 18.9. The highest BCUT2D eigenvalue weighted by Gasteiger charge is 2.30. The van der Waals surface area contributed by atoms with E-state index < -0.39 is 22.5 Å². The molecule has 0 aliphatic carbocycles. The van der Waals surface area contributed by atoms with Gasteiger partial charge in [0, 0.05) is 81.3 Å². The number of aromatic nitrogens is 12. The van der Waals surface area contributed by atoms with Crippen molar-refractivity contribution in [1.82, 2.24) is 62.6 Å². The van der Waals surface area contributed by atoms with Crippen molar-refractivity contribution < 1.29 is 0 Å². The molecule has 2 fully saturated rings. The van der Waals surface area contributed by atoms with Crippen molar-refractivity contribution in [1.29, 1.82) is 0 Å². The van der Waals surface area contributed by atoms with Gasteiger partial charge in [0.05, 0.1) is 42.9 Å². The molecule has 2 aromatic carbocycles. The van der Waals surface area contributed by atoms with Crippen LogP contribution in [-0.2, 0) is 46.7 Å². The van der Waals surface area contributed by atoms with Crippen LogP contribution in [0.3, 0.4) is 0 Å². The number of nitrogens with one attached hydrogen (secondary N) is 1. The number of nitrogens with zero attached hydrogens (tertiary/aromatic N) is 14. The first-order valence-electron chi connectivity index (χ1n) is 24.5. The summed E-state index contributed by atoms with van der Waals surface area (Å²) >= 11 is 0. The monoisotopic (exact) mass is 970 g/mol. The second-order valence-electron chi connectivity index (χ2n) is 18.9. The maximum Gasteiger partial charge on any atom is 0.332 e. The number of para-hydroxylation sites is 2. The van der Waals surface area contributed by atoms with Crippen LogP contribution >= 0.6 is 0 Å². The Labute approximate surface area is 414 Å².